The van der Waals surface area contributed by atoms with E-state index in [1.54, 1.807) is 0 Å². The predicted molar refractivity (Wildman–Crippen MR) is 76.1 cm³/mol. The van der Waals surface area contributed by atoms with Gasteiger partial charge in [-0.2, -0.15) is 0 Å². The number of aliphatic imine (C=N–C) groups is 1. The van der Waals surface area contributed by atoms with Crippen LogP contribution in [0.3, 0.4) is 0 Å². The maximum absolute atomic E-state index is 4.69. The zero-order valence-electron chi connectivity index (χ0n) is 10.9. The lowest BCUT2D eigenvalue weighted by Gasteiger charge is -2.30. The van der Waals surface area contributed by atoms with E-state index >= 15 is 0 Å². The minimum atomic E-state index is 0.508. The number of nitrogens with zero attached hydrogens (tertiary/aromatic N) is 1. The molecular weight excluding hydrogens is 220 g/mol. The summed E-state index contributed by atoms with van der Waals surface area (Å²) in [6.07, 6.45) is 6.92. The van der Waals surface area contributed by atoms with Crippen LogP contribution in [0.25, 0.3) is 0 Å². The van der Waals surface area contributed by atoms with Gasteiger partial charge >= 0.3 is 0 Å². The smallest absolute Gasteiger partial charge is 0.104 e. The molecule has 1 atom stereocenters. The van der Waals surface area contributed by atoms with Crippen LogP contribution in [0.2, 0.25) is 0 Å². The summed E-state index contributed by atoms with van der Waals surface area (Å²) in [5, 5.41) is 3.50. The van der Waals surface area contributed by atoms with Crippen molar-refractivity contribution in [3.8, 4) is 0 Å². The molecule has 1 saturated carbocycles. The van der Waals surface area contributed by atoms with Crippen molar-refractivity contribution in [3.63, 3.8) is 0 Å². The molecule has 0 amide bonds. The molecule has 1 aliphatic carbocycles. The molecule has 0 bridgehead atoms. The third-order valence-electron chi connectivity index (χ3n) is 4.27. The Bertz CT molecular complexity index is 404. The Morgan fingerprint density at radius 2 is 1.83 bits per heavy atom. The molecular formula is C16H22N2. The van der Waals surface area contributed by atoms with E-state index in [-0.39, 0.29) is 0 Å². The molecule has 0 radical (unpaired) electrons. The highest BCUT2D eigenvalue weighted by Gasteiger charge is 2.30. The number of benzene rings is 1. The molecule has 0 aromatic heterocycles. The Kier molecular flexibility index (Phi) is 3.63. The van der Waals surface area contributed by atoms with Crippen molar-refractivity contribution in [1.82, 2.24) is 5.32 Å². The van der Waals surface area contributed by atoms with Gasteiger partial charge in [-0.25, -0.2) is 0 Å². The Labute approximate surface area is 110 Å². The van der Waals surface area contributed by atoms with E-state index in [9.17, 15) is 0 Å². The Morgan fingerprint density at radius 3 is 2.50 bits per heavy atom. The van der Waals surface area contributed by atoms with Crippen LogP contribution < -0.4 is 5.32 Å². The van der Waals surface area contributed by atoms with Crippen LogP contribution in [0.1, 0.15) is 43.6 Å². The van der Waals surface area contributed by atoms with Crippen LogP contribution in [0.4, 0.5) is 0 Å². The van der Waals surface area contributed by atoms with Crippen molar-refractivity contribution in [1.29, 1.82) is 0 Å². The van der Waals surface area contributed by atoms with Crippen LogP contribution in [0.15, 0.2) is 35.3 Å². The molecule has 1 fully saturated rings. The number of nitrogens with one attached hydrogen (secondary N) is 1. The van der Waals surface area contributed by atoms with E-state index in [2.05, 4.69) is 35.6 Å². The van der Waals surface area contributed by atoms with Crippen molar-refractivity contribution in [2.45, 2.75) is 38.0 Å². The van der Waals surface area contributed by atoms with Gasteiger partial charge in [0.05, 0.1) is 6.54 Å². The first-order valence-electron chi connectivity index (χ1n) is 7.28. The Balaban J connectivity index is 1.87. The molecule has 1 aromatic carbocycles. The van der Waals surface area contributed by atoms with Crippen molar-refractivity contribution >= 4 is 5.84 Å². The summed E-state index contributed by atoms with van der Waals surface area (Å²) >= 11 is 0. The minimum absolute atomic E-state index is 0.508. The maximum Gasteiger partial charge on any atom is 0.104 e. The number of rotatable bonds is 3. The summed E-state index contributed by atoms with van der Waals surface area (Å²) < 4.78 is 0. The second kappa shape index (κ2) is 5.55. The highest BCUT2D eigenvalue weighted by Crippen LogP contribution is 2.37. The fraction of sp³-hybridized carbons (Fsp3) is 0.562. The Hall–Kier alpha value is -1.31. The standard InChI is InChI=1S/C16H22N2/c1-3-7-13(8-4-1)15(16-17-11-12-18-16)14-9-5-2-6-10-14/h1,3-4,7-8,14-15H,2,5-6,9-12H2,(H,17,18). The van der Waals surface area contributed by atoms with Crippen LogP contribution in [-0.4, -0.2) is 18.9 Å². The fourth-order valence-corrected chi connectivity index (χ4v) is 3.41. The molecule has 3 rings (SSSR count). The largest absolute Gasteiger partial charge is 0.371 e. The summed E-state index contributed by atoms with van der Waals surface area (Å²) in [4.78, 5) is 4.69. The zero-order chi connectivity index (χ0) is 12.2. The molecule has 0 saturated heterocycles. The minimum Gasteiger partial charge on any atom is -0.371 e. The molecule has 18 heavy (non-hydrogen) atoms. The van der Waals surface area contributed by atoms with E-state index in [1.165, 1.54) is 43.5 Å². The van der Waals surface area contributed by atoms with Gasteiger partial charge in [0.2, 0.25) is 0 Å². The Morgan fingerprint density at radius 1 is 1.06 bits per heavy atom. The first kappa shape index (κ1) is 11.8. The second-order valence-electron chi connectivity index (χ2n) is 5.48. The zero-order valence-corrected chi connectivity index (χ0v) is 10.9. The van der Waals surface area contributed by atoms with Gasteiger partial charge in [-0.3, -0.25) is 4.99 Å². The van der Waals surface area contributed by atoms with Gasteiger partial charge in [-0.1, -0.05) is 49.6 Å². The highest BCUT2D eigenvalue weighted by atomic mass is 15.1. The number of amidine groups is 1. The fourth-order valence-electron chi connectivity index (χ4n) is 3.41. The van der Waals surface area contributed by atoms with Gasteiger partial charge in [0.1, 0.15) is 5.84 Å². The molecule has 2 aliphatic rings. The quantitative estimate of drug-likeness (QED) is 0.863. The molecule has 1 heterocycles. The van der Waals surface area contributed by atoms with Crippen LogP contribution in [-0.2, 0) is 0 Å². The monoisotopic (exact) mass is 242 g/mol. The van der Waals surface area contributed by atoms with Crippen molar-refractivity contribution in [2.24, 2.45) is 10.9 Å². The summed E-state index contributed by atoms with van der Waals surface area (Å²) in [7, 11) is 0. The first-order valence-corrected chi connectivity index (χ1v) is 7.28. The third-order valence-corrected chi connectivity index (χ3v) is 4.27. The van der Waals surface area contributed by atoms with Gasteiger partial charge in [0.15, 0.2) is 0 Å². The molecule has 2 heteroatoms. The average Bonchev–Trinajstić information content (AvgIpc) is 2.95. The molecule has 0 spiro atoms. The third kappa shape index (κ3) is 2.43. The lowest BCUT2D eigenvalue weighted by Crippen LogP contribution is -2.31. The summed E-state index contributed by atoms with van der Waals surface area (Å²) in [6, 6.07) is 10.9. The molecule has 1 aliphatic heterocycles. The van der Waals surface area contributed by atoms with Crippen molar-refractivity contribution in [2.75, 3.05) is 13.1 Å². The van der Waals surface area contributed by atoms with Gasteiger partial charge in [-0.05, 0) is 24.3 Å². The van der Waals surface area contributed by atoms with E-state index in [0.717, 1.165) is 19.0 Å². The molecule has 1 aromatic rings. The van der Waals surface area contributed by atoms with E-state index < -0.39 is 0 Å². The molecule has 1 unspecified atom stereocenters. The van der Waals surface area contributed by atoms with E-state index in [4.69, 9.17) is 4.99 Å². The summed E-state index contributed by atoms with van der Waals surface area (Å²) in [6.45, 7) is 1.97. The van der Waals surface area contributed by atoms with Crippen LogP contribution in [0, 0.1) is 5.92 Å². The maximum atomic E-state index is 4.69. The van der Waals surface area contributed by atoms with E-state index in [1.807, 2.05) is 0 Å². The molecule has 1 N–H and O–H groups in total. The van der Waals surface area contributed by atoms with Gasteiger partial charge in [-0.15, -0.1) is 0 Å². The molecule has 96 valence electrons. The number of hydrogen-bond acceptors (Lipinski definition) is 2. The SMILES string of the molecule is c1ccc(C(C2=NCCN2)C2CCCCC2)cc1. The average molecular weight is 242 g/mol. The van der Waals surface area contributed by atoms with Gasteiger partial charge in [0.25, 0.3) is 0 Å². The normalized spacial score (nSPS) is 22.3. The van der Waals surface area contributed by atoms with Crippen molar-refractivity contribution in [3.05, 3.63) is 35.9 Å². The number of hydrogen-bond donors (Lipinski definition) is 1. The predicted octanol–water partition coefficient (Wildman–Crippen LogP) is 3.35. The highest BCUT2D eigenvalue weighted by molar-refractivity contribution is 5.90. The summed E-state index contributed by atoms with van der Waals surface area (Å²) in [5.41, 5.74) is 1.44. The first-order chi connectivity index (χ1) is 8.95. The molecule has 2 nitrogen and oxygen atoms in total. The lowest BCUT2D eigenvalue weighted by molar-refractivity contribution is 0.339. The topological polar surface area (TPSA) is 24.4 Å². The van der Waals surface area contributed by atoms with Gasteiger partial charge < -0.3 is 5.32 Å². The van der Waals surface area contributed by atoms with Crippen molar-refractivity contribution < 1.29 is 0 Å². The summed E-state index contributed by atoms with van der Waals surface area (Å²) in [5.74, 6) is 2.53. The van der Waals surface area contributed by atoms with Gasteiger partial charge in [0, 0.05) is 12.5 Å². The lowest BCUT2D eigenvalue weighted by atomic mass is 9.76. The van der Waals surface area contributed by atoms with Crippen LogP contribution >= 0.6 is 0 Å². The van der Waals surface area contributed by atoms with Crippen LogP contribution in [0.5, 0.6) is 0 Å². The second-order valence-corrected chi connectivity index (χ2v) is 5.48. The van der Waals surface area contributed by atoms with E-state index in [0.29, 0.717) is 5.92 Å².